The second-order valence-corrected chi connectivity index (χ2v) is 7.38. The number of carbonyl (C=O) groups is 1. The molecule has 0 spiro atoms. The molecule has 5 nitrogen and oxygen atoms in total. The lowest BCUT2D eigenvalue weighted by Crippen LogP contribution is -2.61. The topological polar surface area (TPSA) is 55.8 Å². The fourth-order valence-electron chi connectivity index (χ4n) is 3.97. The third kappa shape index (κ3) is 3.25. The number of aliphatic carboxylic acids is 1. The molecule has 0 aromatic carbocycles. The maximum absolute atomic E-state index is 11.9. The molecule has 3 aliphatic rings. The summed E-state index contributed by atoms with van der Waals surface area (Å²) >= 11 is 0. The highest BCUT2D eigenvalue weighted by atomic mass is 16.4. The van der Waals surface area contributed by atoms with E-state index in [2.05, 4.69) is 29.1 Å². The van der Waals surface area contributed by atoms with E-state index in [-0.39, 0.29) is 0 Å². The number of nitrogens with one attached hydrogen (secondary N) is 1. The summed E-state index contributed by atoms with van der Waals surface area (Å²) in [5.41, 5.74) is -0.670. The van der Waals surface area contributed by atoms with Crippen LogP contribution in [0.1, 0.15) is 45.4 Å². The van der Waals surface area contributed by atoms with Crippen LogP contribution >= 0.6 is 0 Å². The molecule has 3 unspecified atom stereocenters. The first-order valence-electron chi connectivity index (χ1n) is 8.45. The predicted octanol–water partition coefficient (Wildman–Crippen LogP) is 1.14. The summed E-state index contributed by atoms with van der Waals surface area (Å²) in [6.45, 7) is 5.50. The average Bonchev–Trinajstić information content (AvgIpc) is 3.26. The van der Waals surface area contributed by atoms with Gasteiger partial charge in [0.1, 0.15) is 5.54 Å². The third-order valence-corrected chi connectivity index (χ3v) is 5.70. The minimum Gasteiger partial charge on any atom is -0.480 e. The fourth-order valence-corrected chi connectivity index (χ4v) is 3.97. The van der Waals surface area contributed by atoms with Crippen LogP contribution in [0.3, 0.4) is 0 Å². The van der Waals surface area contributed by atoms with Crippen LogP contribution in [0.5, 0.6) is 0 Å². The molecule has 1 saturated heterocycles. The van der Waals surface area contributed by atoms with E-state index in [1.807, 2.05) is 0 Å². The lowest BCUT2D eigenvalue weighted by Gasteiger charge is -2.47. The molecule has 2 saturated carbocycles. The monoisotopic (exact) mass is 295 g/mol. The van der Waals surface area contributed by atoms with Crippen molar-refractivity contribution in [3.8, 4) is 0 Å². The van der Waals surface area contributed by atoms with Crippen molar-refractivity contribution in [2.75, 3.05) is 26.7 Å². The molecule has 2 N–H and O–H groups in total. The Balaban J connectivity index is 1.67. The van der Waals surface area contributed by atoms with Gasteiger partial charge in [-0.25, -0.2) is 0 Å². The van der Waals surface area contributed by atoms with Crippen LogP contribution < -0.4 is 5.32 Å². The van der Waals surface area contributed by atoms with E-state index >= 15 is 0 Å². The van der Waals surface area contributed by atoms with Gasteiger partial charge in [0, 0.05) is 37.8 Å². The summed E-state index contributed by atoms with van der Waals surface area (Å²) in [5.74, 6) is -0.638. The smallest absolute Gasteiger partial charge is 0.323 e. The number of rotatable bonds is 4. The second kappa shape index (κ2) is 5.86. The van der Waals surface area contributed by atoms with Crippen molar-refractivity contribution < 1.29 is 9.90 Å². The van der Waals surface area contributed by atoms with Crippen LogP contribution in [0.15, 0.2) is 0 Å². The average molecular weight is 295 g/mol. The molecule has 1 aliphatic heterocycles. The second-order valence-electron chi connectivity index (χ2n) is 7.38. The zero-order valence-corrected chi connectivity index (χ0v) is 13.3. The van der Waals surface area contributed by atoms with Crippen LogP contribution in [0.25, 0.3) is 0 Å². The van der Waals surface area contributed by atoms with Crippen molar-refractivity contribution in [1.82, 2.24) is 15.1 Å². The molecule has 3 atom stereocenters. The normalized spacial score (nSPS) is 39.3. The number of carboxylic acid groups (broad SMARTS) is 1. The number of piperazine rings is 1. The molecule has 0 bridgehead atoms. The van der Waals surface area contributed by atoms with Crippen molar-refractivity contribution in [2.45, 2.75) is 69.1 Å². The van der Waals surface area contributed by atoms with Gasteiger partial charge in [-0.15, -0.1) is 0 Å². The highest BCUT2D eigenvalue weighted by Crippen LogP contribution is 2.35. The van der Waals surface area contributed by atoms with E-state index < -0.39 is 11.5 Å². The van der Waals surface area contributed by atoms with E-state index in [1.165, 1.54) is 0 Å². The Morgan fingerprint density at radius 3 is 2.67 bits per heavy atom. The van der Waals surface area contributed by atoms with Gasteiger partial charge in [0.2, 0.25) is 0 Å². The van der Waals surface area contributed by atoms with E-state index in [1.54, 1.807) is 0 Å². The molecule has 3 rings (SSSR count). The molecule has 0 aromatic heterocycles. The summed E-state index contributed by atoms with van der Waals surface area (Å²) < 4.78 is 0. The summed E-state index contributed by atoms with van der Waals surface area (Å²) in [4.78, 5) is 16.8. The Labute approximate surface area is 127 Å². The SMILES string of the molecule is CC1CN(C2CCCC(NC3CC3)(C(=O)O)C2)CCN1C. The summed E-state index contributed by atoms with van der Waals surface area (Å²) in [5, 5.41) is 13.2. The summed E-state index contributed by atoms with van der Waals surface area (Å²) in [6.07, 6.45) is 6.03. The lowest BCUT2D eigenvalue weighted by molar-refractivity contribution is -0.148. The molecular weight excluding hydrogens is 266 g/mol. The number of likely N-dealkylation sites (N-methyl/N-ethyl adjacent to an activating group) is 1. The van der Waals surface area contributed by atoms with Crippen LogP contribution in [-0.2, 0) is 4.79 Å². The van der Waals surface area contributed by atoms with E-state index in [9.17, 15) is 9.90 Å². The van der Waals surface area contributed by atoms with Crippen molar-refractivity contribution in [2.24, 2.45) is 0 Å². The van der Waals surface area contributed by atoms with Crippen molar-refractivity contribution in [1.29, 1.82) is 0 Å². The fraction of sp³-hybridized carbons (Fsp3) is 0.938. The first-order valence-corrected chi connectivity index (χ1v) is 8.45. The highest BCUT2D eigenvalue weighted by Gasteiger charge is 2.47. The van der Waals surface area contributed by atoms with Crippen molar-refractivity contribution >= 4 is 5.97 Å². The molecule has 0 aromatic rings. The Bertz CT molecular complexity index is 399. The van der Waals surface area contributed by atoms with Gasteiger partial charge in [-0.1, -0.05) is 0 Å². The van der Waals surface area contributed by atoms with Gasteiger partial charge < -0.3 is 10.0 Å². The first-order chi connectivity index (χ1) is 10.00. The number of hydrogen-bond acceptors (Lipinski definition) is 4. The Kier molecular flexibility index (Phi) is 4.26. The lowest BCUT2D eigenvalue weighted by atomic mass is 9.78. The highest BCUT2D eigenvalue weighted by molar-refractivity contribution is 5.79. The largest absolute Gasteiger partial charge is 0.480 e. The molecule has 5 heteroatoms. The number of nitrogens with zero attached hydrogens (tertiary/aromatic N) is 2. The van der Waals surface area contributed by atoms with Gasteiger partial charge in [0.25, 0.3) is 0 Å². The minimum absolute atomic E-state index is 0.428. The van der Waals surface area contributed by atoms with E-state index in [4.69, 9.17) is 0 Å². The van der Waals surface area contributed by atoms with Crippen LogP contribution in [0.2, 0.25) is 0 Å². The third-order valence-electron chi connectivity index (χ3n) is 5.70. The van der Waals surface area contributed by atoms with Crippen LogP contribution in [-0.4, -0.2) is 71.2 Å². The van der Waals surface area contributed by atoms with Crippen LogP contribution in [0.4, 0.5) is 0 Å². The van der Waals surface area contributed by atoms with E-state index in [0.29, 0.717) is 18.1 Å². The maximum Gasteiger partial charge on any atom is 0.323 e. The molecule has 3 fully saturated rings. The zero-order chi connectivity index (χ0) is 15.0. The molecule has 2 aliphatic carbocycles. The Morgan fingerprint density at radius 2 is 2.05 bits per heavy atom. The maximum atomic E-state index is 11.9. The minimum atomic E-state index is -0.670. The molecular formula is C16H29N3O2. The molecule has 1 heterocycles. The standard InChI is InChI=1S/C16H29N3O2/c1-12-11-19(9-8-18(12)2)14-4-3-7-16(10-14,15(20)21)17-13-5-6-13/h12-14,17H,3-11H2,1-2H3,(H,20,21). The van der Waals surface area contributed by atoms with Crippen molar-refractivity contribution in [3.05, 3.63) is 0 Å². The first kappa shape index (κ1) is 15.3. The van der Waals surface area contributed by atoms with Gasteiger partial charge in [-0.3, -0.25) is 15.0 Å². The molecule has 21 heavy (non-hydrogen) atoms. The van der Waals surface area contributed by atoms with Crippen LogP contribution in [0, 0.1) is 0 Å². The Hall–Kier alpha value is -0.650. The molecule has 120 valence electrons. The van der Waals surface area contributed by atoms with Gasteiger partial charge in [0.05, 0.1) is 0 Å². The quantitative estimate of drug-likeness (QED) is 0.814. The number of carboxylic acids is 1. The Morgan fingerprint density at radius 1 is 1.29 bits per heavy atom. The molecule has 0 amide bonds. The van der Waals surface area contributed by atoms with Gasteiger partial charge >= 0.3 is 5.97 Å². The zero-order valence-electron chi connectivity index (χ0n) is 13.3. The van der Waals surface area contributed by atoms with Gasteiger partial charge in [0.15, 0.2) is 0 Å². The summed E-state index contributed by atoms with van der Waals surface area (Å²) in [7, 11) is 2.18. The summed E-state index contributed by atoms with van der Waals surface area (Å²) in [6, 6.07) is 1.44. The molecule has 0 radical (unpaired) electrons. The van der Waals surface area contributed by atoms with Gasteiger partial charge in [-0.2, -0.15) is 0 Å². The van der Waals surface area contributed by atoms with Gasteiger partial charge in [-0.05, 0) is 52.5 Å². The van der Waals surface area contributed by atoms with Crippen molar-refractivity contribution in [3.63, 3.8) is 0 Å². The predicted molar refractivity (Wildman–Crippen MR) is 82.4 cm³/mol. The van der Waals surface area contributed by atoms with E-state index in [0.717, 1.165) is 58.2 Å². The number of hydrogen-bond donors (Lipinski definition) is 2.